The number of aliphatic carboxylic acids is 1. The number of rotatable bonds is 2. The first-order valence-corrected chi connectivity index (χ1v) is 7.17. The van der Waals surface area contributed by atoms with Crippen molar-refractivity contribution in [1.29, 1.82) is 0 Å². The van der Waals surface area contributed by atoms with E-state index in [4.69, 9.17) is 5.11 Å². The number of carboxylic acid groups (broad SMARTS) is 1. The topological polar surface area (TPSA) is 98.0 Å². The third-order valence-corrected chi connectivity index (χ3v) is 5.38. The van der Waals surface area contributed by atoms with E-state index in [2.05, 4.69) is 0 Å². The van der Waals surface area contributed by atoms with Gasteiger partial charge in [0.2, 0.25) is 0 Å². The number of aliphatic hydroxyl groups is 3. The first-order chi connectivity index (χ1) is 9.13. The van der Waals surface area contributed by atoms with Crippen LogP contribution in [0.2, 0.25) is 0 Å². The second kappa shape index (κ2) is 4.83. The minimum atomic E-state index is -1.39. The molecule has 0 radical (unpaired) electrons. The molecule has 5 unspecified atom stereocenters. The zero-order valence-electron chi connectivity index (χ0n) is 12.2. The summed E-state index contributed by atoms with van der Waals surface area (Å²) in [7, 11) is 0. The van der Waals surface area contributed by atoms with E-state index in [1.165, 1.54) is 0 Å². The van der Waals surface area contributed by atoms with Crippen molar-refractivity contribution in [2.75, 3.05) is 0 Å². The van der Waals surface area contributed by atoms with Gasteiger partial charge in [-0.1, -0.05) is 20.8 Å². The maximum absolute atomic E-state index is 11.2. The van der Waals surface area contributed by atoms with E-state index < -0.39 is 29.2 Å². The van der Waals surface area contributed by atoms with Gasteiger partial charge in [-0.3, -0.25) is 0 Å². The Kier molecular flexibility index (Phi) is 3.73. The molecule has 5 nitrogen and oxygen atoms in total. The molecule has 1 saturated carbocycles. The SMILES string of the molecule is CC(C)C1CCC2(C)CC(O)C(C(=O)O)=CC(O)C12O. The van der Waals surface area contributed by atoms with Gasteiger partial charge in [0.1, 0.15) is 11.7 Å². The van der Waals surface area contributed by atoms with Crippen LogP contribution in [-0.4, -0.2) is 44.2 Å². The molecule has 0 aromatic heterocycles. The molecule has 2 rings (SSSR count). The van der Waals surface area contributed by atoms with Crippen molar-refractivity contribution >= 4 is 5.97 Å². The van der Waals surface area contributed by atoms with E-state index in [9.17, 15) is 20.1 Å². The molecule has 20 heavy (non-hydrogen) atoms. The summed E-state index contributed by atoms with van der Waals surface area (Å²) in [5.74, 6) is -1.18. The second-order valence-corrected chi connectivity index (χ2v) is 6.87. The Hall–Kier alpha value is -0.910. The highest BCUT2D eigenvalue weighted by Crippen LogP contribution is 2.58. The number of fused-ring (bicyclic) bond motifs is 1. The molecule has 0 aromatic carbocycles. The number of hydrogen-bond acceptors (Lipinski definition) is 4. The predicted molar refractivity (Wildman–Crippen MR) is 73.0 cm³/mol. The predicted octanol–water partition coefficient (Wildman–Crippen LogP) is 0.926. The van der Waals surface area contributed by atoms with Crippen molar-refractivity contribution in [1.82, 2.24) is 0 Å². The van der Waals surface area contributed by atoms with Gasteiger partial charge >= 0.3 is 5.97 Å². The maximum Gasteiger partial charge on any atom is 0.333 e. The molecule has 0 heterocycles. The average molecular weight is 284 g/mol. The van der Waals surface area contributed by atoms with Crippen LogP contribution in [0.4, 0.5) is 0 Å². The standard InChI is InChI=1S/C15H24O5/c1-8(2)10-4-5-14(3)7-11(16)9(13(18)19)6-12(17)15(10,14)20/h6,8,10-12,16-17,20H,4-5,7H2,1-3H3,(H,18,19). The first kappa shape index (κ1) is 15.5. The number of carbonyl (C=O) groups is 1. The molecule has 0 aliphatic heterocycles. The summed E-state index contributed by atoms with van der Waals surface area (Å²) in [6.45, 7) is 5.81. The molecule has 0 saturated heterocycles. The van der Waals surface area contributed by atoms with E-state index in [1.54, 1.807) is 0 Å². The Balaban J connectivity index is 2.51. The van der Waals surface area contributed by atoms with Gasteiger partial charge in [0.05, 0.1) is 11.7 Å². The van der Waals surface area contributed by atoms with Crippen LogP contribution in [0.25, 0.3) is 0 Å². The first-order valence-electron chi connectivity index (χ1n) is 7.17. The largest absolute Gasteiger partial charge is 0.478 e. The van der Waals surface area contributed by atoms with Crippen molar-refractivity contribution in [3.05, 3.63) is 11.6 Å². The molecule has 2 aliphatic carbocycles. The summed E-state index contributed by atoms with van der Waals surface area (Å²) in [6.07, 6.45) is 0.282. The summed E-state index contributed by atoms with van der Waals surface area (Å²) in [5, 5.41) is 40.9. The molecule has 0 amide bonds. The summed E-state index contributed by atoms with van der Waals surface area (Å²) >= 11 is 0. The van der Waals surface area contributed by atoms with Crippen LogP contribution in [0.15, 0.2) is 11.6 Å². The van der Waals surface area contributed by atoms with E-state index in [-0.39, 0.29) is 23.8 Å². The van der Waals surface area contributed by atoms with E-state index >= 15 is 0 Å². The normalized spacial score (nSPS) is 45.0. The van der Waals surface area contributed by atoms with Crippen LogP contribution >= 0.6 is 0 Å². The van der Waals surface area contributed by atoms with Crippen LogP contribution in [0, 0.1) is 17.3 Å². The van der Waals surface area contributed by atoms with Gasteiger partial charge in [0, 0.05) is 5.41 Å². The van der Waals surface area contributed by atoms with Crippen molar-refractivity contribution in [3.8, 4) is 0 Å². The molecular formula is C15H24O5. The molecular weight excluding hydrogens is 260 g/mol. The molecule has 4 N–H and O–H groups in total. The third kappa shape index (κ3) is 2.00. The van der Waals surface area contributed by atoms with Gasteiger partial charge in [0.15, 0.2) is 0 Å². The molecule has 1 fully saturated rings. The average Bonchev–Trinajstić information content (AvgIpc) is 2.55. The molecule has 2 aliphatic rings. The highest BCUT2D eigenvalue weighted by atomic mass is 16.4. The lowest BCUT2D eigenvalue weighted by molar-refractivity contribution is -0.158. The van der Waals surface area contributed by atoms with Gasteiger partial charge in [-0.2, -0.15) is 0 Å². The zero-order chi connectivity index (χ0) is 15.3. The highest BCUT2D eigenvalue weighted by molar-refractivity contribution is 5.88. The number of carboxylic acids is 1. The quantitative estimate of drug-likeness (QED) is 0.604. The van der Waals surface area contributed by atoms with Gasteiger partial charge in [0.25, 0.3) is 0 Å². The zero-order valence-corrected chi connectivity index (χ0v) is 12.2. The lowest BCUT2D eigenvalue weighted by Crippen LogP contribution is -2.56. The number of aliphatic hydroxyl groups excluding tert-OH is 2. The van der Waals surface area contributed by atoms with Gasteiger partial charge in [-0.05, 0) is 37.2 Å². The summed E-state index contributed by atoms with van der Waals surface area (Å²) in [5.41, 5.74) is -2.29. The summed E-state index contributed by atoms with van der Waals surface area (Å²) in [6, 6.07) is 0. The fourth-order valence-electron chi connectivity index (χ4n) is 4.18. The minimum absolute atomic E-state index is 0.112. The fraction of sp³-hybridized carbons (Fsp3) is 0.800. The Morgan fingerprint density at radius 3 is 2.50 bits per heavy atom. The Bertz CT molecular complexity index is 444. The summed E-state index contributed by atoms with van der Waals surface area (Å²) in [4.78, 5) is 11.2. The Labute approximate surface area is 118 Å². The molecule has 0 bridgehead atoms. The van der Waals surface area contributed by atoms with Crippen molar-refractivity contribution in [2.45, 2.75) is 57.8 Å². The Morgan fingerprint density at radius 1 is 1.40 bits per heavy atom. The van der Waals surface area contributed by atoms with E-state index in [0.29, 0.717) is 6.42 Å². The molecule has 0 spiro atoms. The molecule has 114 valence electrons. The van der Waals surface area contributed by atoms with E-state index in [1.807, 2.05) is 20.8 Å². The van der Waals surface area contributed by atoms with Crippen LogP contribution < -0.4 is 0 Å². The molecule has 5 atom stereocenters. The van der Waals surface area contributed by atoms with Crippen LogP contribution in [-0.2, 0) is 4.79 Å². The monoisotopic (exact) mass is 284 g/mol. The van der Waals surface area contributed by atoms with Gasteiger partial charge < -0.3 is 20.4 Å². The fourth-order valence-corrected chi connectivity index (χ4v) is 4.18. The maximum atomic E-state index is 11.2. The third-order valence-electron chi connectivity index (χ3n) is 5.38. The van der Waals surface area contributed by atoms with Gasteiger partial charge in [-0.15, -0.1) is 0 Å². The van der Waals surface area contributed by atoms with Crippen LogP contribution in [0.1, 0.15) is 40.0 Å². The van der Waals surface area contributed by atoms with Crippen molar-refractivity contribution in [3.63, 3.8) is 0 Å². The molecule has 5 heteroatoms. The Morgan fingerprint density at radius 2 is 2.00 bits per heavy atom. The highest BCUT2D eigenvalue weighted by Gasteiger charge is 2.62. The van der Waals surface area contributed by atoms with Crippen LogP contribution in [0.3, 0.4) is 0 Å². The van der Waals surface area contributed by atoms with Crippen molar-refractivity contribution in [2.24, 2.45) is 17.3 Å². The van der Waals surface area contributed by atoms with Gasteiger partial charge in [-0.25, -0.2) is 4.79 Å². The van der Waals surface area contributed by atoms with E-state index in [0.717, 1.165) is 12.5 Å². The molecule has 0 aromatic rings. The lowest BCUT2D eigenvalue weighted by atomic mass is 9.66. The summed E-state index contributed by atoms with van der Waals surface area (Å²) < 4.78 is 0. The second-order valence-electron chi connectivity index (χ2n) is 6.87. The lowest BCUT2D eigenvalue weighted by Gasteiger charge is -2.45. The van der Waals surface area contributed by atoms with Crippen LogP contribution in [0.5, 0.6) is 0 Å². The number of hydrogen-bond donors (Lipinski definition) is 4. The van der Waals surface area contributed by atoms with Crippen molar-refractivity contribution < 1.29 is 25.2 Å². The smallest absolute Gasteiger partial charge is 0.333 e. The minimum Gasteiger partial charge on any atom is -0.478 e.